The van der Waals surface area contributed by atoms with Gasteiger partial charge in [0.15, 0.2) is 0 Å². The minimum Gasteiger partial charge on any atom is -0.481 e. The molecule has 1 atom stereocenters. The van der Waals surface area contributed by atoms with Crippen LogP contribution in [0.4, 0.5) is 0 Å². The van der Waals surface area contributed by atoms with E-state index >= 15 is 0 Å². The van der Waals surface area contributed by atoms with Gasteiger partial charge >= 0.3 is 5.97 Å². The molecule has 0 aliphatic carbocycles. The van der Waals surface area contributed by atoms with Crippen LogP contribution >= 0.6 is 0 Å². The number of aliphatic carboxylic acids is 1. The van der Waals surface area contributed by atoms with E-state index < -0.39 is 11.9 Å². The second-order valence-electron chi connectivity index (χ2n) is 4.32. The lowest BCUT2D eigenvalue weighted by Crippen LogP contribution is -2.26. The molecule has 1 aromatic rings. The molecule has 0 unspecified atom stereocenters. The number of carboxylic acid groups (broad SMARTS) is 1. The third kappa shape index (κ3) is 2.15. The van der Waals surface area contributed by atoms with Gasteiger partial charge in [-0.05, 0) is 13.8 Å². The Hall–Kier alpha value is -1.85. The molecule has 1 aliphatic rings. The van der Waals surface area contributed by atoms with Crippen molar-refractivity contribution < 1.29 is 19.2 Å². The number of hydrogen-bond donors (Lipinski definition) is 1. The predicted molar refractivity (Wildman–Crippen MR) is 57.1 cm³/mol. The number of rotatable bonds is 3. The summed E-state index contributed by atoms with van der Waals surface area (Å²) in [4.78, 5) is 24.0. The Morgan fingerprint density at radius 1 is 1.59 bits per heavy atom. The number of carbonyl (C=O) groups is 2. The number of carboxylic acids is 1. The zero-order valence-corrected chi connectivity index (χ0v) is 9.77. The van der Waals surface area contributed by atoms with Crippen molar-refractivity contribution in [2.45, 2.75) is 26.8 Å². The maximum absolute atomic E-state index is 11.6. The summed E-state index contributed by atoms with van der Waals surface area (Å²) in [7, 11) is 0. The predicted octanol–water partition coefficient (Wildman–Crippen LogP) is 0.725. The van der Waals surface area contributed by atoms with E-state index in [4.69, 9.17) is 9.63 Å². The molecule has 1 amide bonds. The maximum Gasteiger partial charge on any atom is 0.308 e. The molecule has 0 bridgehead atoms. The van der Waals surface area contributed by atoms with Crippen LogP contribution < -0.4 is 0 Å². The van der Waals surface area contributed by atoms with Crippen LogP contribution in [0.25, 0.3) is 0 Å². The van der Waals surface area contributed by atoms with Crippen LogP contribution in [0, 0.1) is 19.8 Å². The van der Waals surface area contributed by atoms with E-state index in [2.05, 4.69) is 5.16 Å². The topological polar surface area (TPSA) is 83.6 Å². The minimum absolute atomic E-state index is 0.0821. The highest BCUT2D eigenvalue weighted by Crippen LogP contribution is 2.22. The van der Waals surface area contributed by atoms with E-state index in [-0.39, 0.29) is 18.9 Å². The van der Waals surface area contributed by atoms with Gasteiger partial charge in [-0.15, -0.1) is 0 Å². The third-order valence-corrected chi connectivity index (χ3v) is 3.09. The number of aromatic nitrogens is 1. The number of aryl methyl sites for hydroxylation is 2. The SMILES string of the molecule is Cc1noc(C)c1CN1C[C@@H](C(=O)O)CC1=O. The Balaban J connectivity index is 2.10. The monoisotopic (exact) mass is 238 g/mol. The summed E-state index contributed by atoms with van der Waals surface area (Å²) < 4.78 is 5.01. The van der Waals surface area contributed by atoms with Crippen molar-refractivity contribution >= 4 is 11.9 Å². The lowest BCUT2D eigenvalue weighted by atomic mass is 10.1. The van der Waals surface area contributed by atoms with E-state index in [1.807, 2.05) is 0 Å². The van der Waals surface area contributed by atoms with Crippen molar-refractivity contribution in [3.8, 4) is 0 Å². The van der Waals surface area contributed by atoms with Gasteiger partial charge in [0.1, 0.15) is 5.76 Å². The highest BCUT2D eigenvalue weighted by molar-refractivity contribution is 5.86. The number of carbonyl (C=O) groups excluding carboxylic acids is 1. The van der Waals surface area contributed by atoms with Crippen LogP contribution in [0.1, 0.15) is 23.4 Å². The smallest absolute Gasteiger partial charge is 0.308 e. The lowest BCUT2D eigenvalue weighted by Gasteiger charge is -2.15. The molecular formula is C11H14N2O4. The van der Waals surface area contributed by atoms with Crippen molar-refractivity contribution in [1.82, 2.24) is 10.1 Å². The summed E-state index contributed by atoms with van der Waals surface area (Å²) in [5.74, 6) is -0.964. The quantitative estimate of drug-likeness (QED) is 0.839. The highest BCUT2D eigenvalue weighted by Gasteiger charge is 2.34. The fraction of sp³-hybridized carbons (Fsp3) is 0.545. The first kappa shape index (κ1) is 11.6. The molecule has 1 saturated heterocycles. The van der Waals surface area contributed by atoms with Gasteiger partial charge in [-0.1, -0.05) is 5.16 Å². The summed E-state index contributed by atoms with van der Waals surface area (Å²) in [6, 6.07) is 0. The van der Waals surface area contributed by atoms with E-state index in [9.17, 15) is 9.59 Å². The van der Waals surface area contributed by atoms with Gasteiger partial charge in [-0.25, -0.2) is 0 Å². The summed E-state index contributed by atoms with van der Waals surface area (Å²) in [5.41, 5.74) is 1.61. The summed E-state index contributed by atoms with van der Waals surface area (Å²) in [6.07, 6.45) is 0.0821. The van der Waals surface area contributed by atoms with Crippen LogP contribution in [0.15, 0.2) is 4.52 Å². The molecule has 0 spiro atoms. The van der Waals surface area contributed by atoms with Gasteiger partial charge < -0.3 is 14.5 Å². The Morgan fingerprint density at radius 2 is 2.29 bits per heavy atom. The molecule has 1 N–H and O–H groups in total. The molecule has 0 radical (unpaired) electrons. The maximum atomic E-state index is 11.6. The van der Waals surface area contributed by atoms with Gasteiger partial charge in [0, 0.05) is 18.5 Å². The molecule has 17 heavy (non-hydrogen) atoms. The van der Waals surface area contributed by atoms with E-state index in [1.54, 1.807) is 18.7 Å². The number of amides is 1. The molecular weight excluding hydrogens is 224 g/mol. The Bertz CT molecular complexity index is 447. The van der Waals surface area contributed by atoms with Crippen molar-refractivity contribution in [3.63, 3.8) is 0 Å². The summed E-state index contributed by atoms with van der Waals surface area (Å²) in [6.45, 7) is 4.23. The first-order valence-corrected chi connectivity index (χ1v) is 5.41. The van der Waals surface area contributed by atoms with Gasteiger partial charge in [-0.2, -0.15) is 0 Å². The fourth-order valence-electron chi connectivity index (χ4n) is 2.01. The molecule has 1 fully saturated rings. The fourth-order valence-corrected chi connectivity index (χ4v) is 2.01. The normalized spacial score (nSPS) is 20.0. The third-order valence-electron chi connectivity index (χ3n) is 3.09. The zero-order valence-electron chi connectivity index (χ0n) is 9.77. The van der Waals surface area contributed by atoms with Crippen LogP contribution in [0.3, 0.4) is 0 Å². The van der Waals surface area contributed by atoms with Crippen molar-refractivity contribution in [1.29, 1.82) is 0 Å². The molecule has 1 aliphatic heterocycles. The molecule has 6 nitrogen and oxygen atoms in total. The molecule has 0 aromatic carbocycles. The lowest BCUT2D eigenvalue weighted by molar-refractivity contribution is -0.141. The van der Waals surface area contributed by atoms with Crippen molar-refractivity contribution in [2.24, 2.45) is 5.92 Å². The van der Waals surface area contributed by atoms with E-state index in [1.165, 1.54) is 0 Å². The van der Waals surface area contributed by atoms with Crippen LogP contribution in [0.5, 0.6) is 0 Å². The molecule has 1 aromatic heterocycles. The van der Waals surface area contributed by atoms with Gasteiger partial charge in [0.05, 0.1) is 18.2 Å². The number of hydrogen-bond acceptors (Lipinski definition) is 4. The molecule has 6 heteroatoms. The molecule has 2 rings (SSSR count). The van der Waals surface area contributed by atoms with E-state index in [0.717, 1.165) is 11.3 Å². The summed E-state index contributed by atoms with van der Waals surface area (Å²) >= 11 is 0. The second-order valence-corrected chi connectivity index (χ2v) is 4.32. The number of nitrogens with zero attached hydrogens (tertiary/aromatic N) is 2. The Morgan fingerprint density at radius 3 is 2.76 bits per heavy atom. The van der Waals surface area contributed by atoms with Crippen LogP contribution in [0.2, 0.25) is 0 Å². The van der Waals surface area contributed by atoms with Crippen molar-refractivity contribution in [2.75, 3.05) is 6.54 Å². The highest BCUT2D eigenvalue weighted by atomic mass is 16.5. The molecule has 92 valence electrons. The van der Waals surface area contributed by atoms with Crippen LogP contribution in [-0.2, 0) is 16.1 Å². The second kappa shape index (κ2) is 4.20. The van der Waals surface area contributed by atoms with Crippen molar-refractivity contribution in [3.05, 3.63) is 17.0 Å². The molecule has 0 saturated carbocycles. The Kier molecular flexibility index (Phi) is 2.87. The van der Waals surface area contributed by atoms with E-state index in [0.29, 0.717) is 12.3 Å². The largest absolute Gasteiger partial charge is 0.481 e. The first-order chi connectivity index (χ1) is 7.99. The Labute approximate surface area is 98.2 Å². The number of likely N-dealkylation sites (tertiary alicyclic amines) is 1. The van der Waals surface area contributed by atoms with Gasteiger partial charge in [0.25, 0.3) is 0 Å². The van der Waals surface area contributed by atoms with Gasteiger partial charge in [0.2, 0.25) is 5.91 Å². The molecule has 2 heterocycles. The zero-order chi connectivity index (χ0) is 12.6. The average Bonchev–Trinajstić information content (AvgIpc) is 2.77. The summed E-state index contributed by atoms with van der Waals surface area (Å²) in [5, 5.41) is 12.7. The first-order valence-electron chi connectivity index (χ1n) is 5.41. The van der Waals surface area contributed by atoms with Crippen LogP contribution in [-0.4, -0.2) is 33.6 Å². The standard InChI is InChI=1S/C11H14N2O4/c1-6-9(7(2)17-12-6)5-13-4-8(11(15)16)3-10(13)14/h8H,3-5H2,1-2H3,(H,15,16)/t8-/m0/s1. The minimum atomic E-state index is -0.917. The van der Waals surface area contributed by atoms with Gasteiger partial charge in [-0.3, -0.25) is 9.59 Å². The average molecular weight is 238 g/mol.